The number of carbonyl (C=O) groups is 1. The van der Waals surface area contributed by atoms with Crippen LogP contribution in [0.4, 0.5) is 0 Å². The summed E-state index contributed by atoms with van der Waals surface area (Å²) in [5.41, 5.74) is 2.68. The van der Waals surface area contributed by atoms with Gasteiger partial charge in [-0.1, -0.05) is 24.3 Å². The van der Waals surface area contributed by atoms with E-state index in [-0.39, 0.29) is 11.9 Å². The van der Waals surface area contributed by atoms with Gasteiger partial charge in [-0.25, -0.2) is 0 Å². The minimum atomic E-state index is -0.0802. The molecule has 1 atom stereocenters. The van der Waals surface area contributed by atoms with E-state index in [2.05, 4.69) is 17.4 Å². The van der Waals surface area contributed by atoms with E-state index in [0.717, 1.165) is 11.1 Å². The molecule has 1 unspecified atom stereocenters. The summed E-state index contributed by atoms with van der Waals surface area (Å²) in [6.45, 7) is 1.98. The maximum atomic E-state index is 12.3. The van der Waals surface area contributed by atoms with Crippen LogP contribution in [-0.4, -0.2) is 12.2 Å². The van der Waals surface area contributed by atoms with Crippen LogP contribution in [0.5, 0.6) is 0 Å². The van der Waals surface area contributed by atoms with Gasteiger partial charge in [-0.05, 0) is 48.6 Å². The lowest BCUT2D eigenvalue weighted by molar-refractivity contribution is 0.0940. The van der Waals surface area contributed by atoms with Crippen LogP contribution in [0.1, 0.15) is 34.5 Å². The maximum absolute atomic E-state index is 12.3. The average Bonchev–Trinajstić information content (AvgIpc) is 2.54. The normalized spacial score (nSPS) is 12.0. The van der Waals surface area contributed by atoms with Crippen molar-refractivity contribution in [3.05, 3.63) is 65.2 Å². The van der Waals surface area contributed by atoms with Crippen LogP contribution in [0, 0.1) is 0 Å². The van der Waals surface area contributed by atoms with Crippen molar-refractivity contribution in [1.29, 1.82) is 0 Å². The van der Waals surface area contributed by atoms with Gasteiger partial charge in [0.15, 0.2) is 0 Å². The second-order valence-corrected chi connectivity index (χ2v) is 5.95. The van der Waals surface area contributed by atoms with Crippen molar-refractivity contribution in [2.75, 3.05) is 6.26 Å². The highest BCUT2D eigenvalue weighted by Crippen LogP contribution is 2.19. The van der Waals surface area contributed by atoms with Crippen molar-refractivity contribution in [3.8, 4) is 0 Å². The standard InChI is InChI=1S/C17H18ClNOS/c1-12(14-6-8-16(21-2)9-7-14)19-17(20)15-5-3-4-13(10-15)11-18/h3-10,12H,11H2,1-2H3,(H,19,20). The zero-order chi connectivity index (χ0) is 15.2. The first-order valence-corrected chi connectivity index (χ1v) is 8.49. The Bertz CT molecular complexity index is 612. The molecular weight excluding hydrogens is 302 g/mol. The zero-order valence-corrected chi connectivity index (χ0v) is 13.7. The van der Waals surface area contributed by atoms with E-state index in [1.165, 1.54) is 4.90 Å². The van der Waals surface area contributed by atoms with Crippen LogP contribution in [0.15, 0.2) is 53.4 Å². The fourth-order valence-corrected chi connectivity index (χ4v) is 2.63. The number of hydrogen-bond acceptors (Lipinski definition) is 2. The van der Waals surface area contributed by atoms with Crippen LogP contribution >= 0.6 is 23.4 Å². The van der Waals surface area contributed by atoms with Crippen molar-refractivity contribution in [2.24, 2.45) is 0 Å². The number of benzene rings is 2. The Morgan fingerprint density at radius 2 is 1.95 bits per heavy atom. The van der Waals surface area contributed by atoms with Gasteiger partial charge in [-0.15, -0.1) is 23.4 Å². The molecule has 21 heavy (non-hydrogen) atoms. The first kappa shape index (κ1) is 15.9. The quantitative estimate of drug-likeness (QED) is 0.642. The van der Waals surface area contributed by atoms with Crippen molar-refractivity contribution in [1.82, 2.24) is 5.32 Å². The molecule has 0 aliphatic heterocycles. The number of hydrogen-bond donors (Lipinski definition) is 1. The van der Waals surface area contributed by atoms with Gasteiger partial charge in [0, 0.05) is 16.3 Å². The minimum Gasteiger partial charge on any atom is -0.346 e. The molecule has 0 fully saturated rings. The summed E-state index contributed by atoms with van der Waals surface area (Å²) in [4.78, 5) is 13.5. The molecule has 0 bridgehead atoms. The van der Waals surface area contributed by atoms with Crippen LogP contribution in [-0.2, 0) is 5.88 Å². The molecule has 1 N–H and O–H groups in total. The minimum absolute atomic E-state index is 0.0342. The fourth-order valence-electron chi connectivity index (χ4n) is 2.05. The monoisotopic (exact) mass is 319 g/mol. The molecule has 2 aromatic rings. The Kier molecular flexibility index (Phi) is 5.71. The van der Waals surface area contributed by atoms with Crippen LogP contribution in [0.3, 0.4) is 0 Å². The Labute approximate surface area is 134 Å². The topological polar surface area (TPSA) is 29.1 Å². The second-order valence-electron chi connectivity index (χ2n) is 4.80. The highest BCUT2D eigenvalue weighted by molar-refractivity contribution is 7.98. The van der Waals surface area contributed by atoms with E-state index >= 15 is 0 Å². The fraction of sp³-hybridized carbons (Fsp3) is 0.235. The predicted octanol–water partition coefficient (Wildman–Crippen LogP) is 4.64. The molecule has 110 valence electrons. The Hall–Kier alpha value is -1.45. The summed E-state index contributed by atoms with van der Waals surface area (Å²) in [6.07, 6.45) is 2.05. The summed E-state index contributed by atoms with van der Waals surface area (Å²) >= 11 is 7.50. The third-order valence-electron chi connectivity index (χ3n) is 3.31. The van der Waals surface area contributed by atoms with Crippen molar-refractivity contribution in [3.63, 3.8) is 0 Å². The van der Waals surface area contributed by atoms with Gasteiger partial charge in [-0.2, -0.15) is 0 Å². The zero-order valence-electron chi connectivity index (χ0n) is 12.1. The lowest BCUT2D eigenvalue weighted by atomic mass is 10.1. The van der Waals surface area contributed by atoms with Crippen molar-refractivity contribution in [2.45, 2.75) is 23.7 Å². The van der Waals surface area contributed by atoms with Gasteiger partial charge >= 0.3 is 0 Å². The van der Waals surface area contributed by atoms with E-state index in [0.29, 0.717) is 11.4 Å². The lowest BCUT2D eigenvalue weighted by Gasteiger charge is -2.15. The molecule has 0 heterocycles. The summed E-state index contributed by atoms with van der Waals surface area (Å²) in [5, 5.41) is 3.01. The Morgan fingerprint density at radius 3 is 2.57 bits per heavy atom. The molecule has 0 aliphatic carbocycles. The average molecular weight is 320 g/mol. The van der Waals surface area contributed by atoms with Crippen LogP contribution < -0.4 is 5.32 Å². The van der Waals surface area contributed by atoms with Gasteiger partial charge < -0.3 is 5.32 Å². The number of halogens is 1. The first-order chi connectivity index (χ1) is 10.1. The number of rotatable bonds is 5. The lowest BCUT2D eigenvalue weighted by Crippen LogP contribution is -2.26. The number of carbonyl (C=O) groups excluding carboxylic acids is 1. The molecule has 2 nitrogen and oxygen atoms in total. The van der Waals surface area contributed by atoms with Gasteiger partial charge in [0.1, 0.15) is 0 Å². The molecule has 2 aromatic carbocycles. The molecule has 0 spiro atoms. The maximum Gasteiger partial charge on any atom is 0.251 e. The highest BCUT2D eigenvalue weighted by atomic mass is 35.5. The summed E-state index contributed by atoms with van der Waals surface area (Å²) in [7, 11) is 0. The van der Waals surface area contributed by atoms with Gasteiger partial charge in [0.25, 0.3) is 5.91 Å². The third-order valence-corrected chi connectivity index (χ3v) is 4.36. The van der Waals surface area contributed by atoms with E-state index < -0.39 is 0 Å². The number of amides is 1. The van der Waals surface area contributed by atoms with Gasteiger partial charge in [0.2, 0.25) is 0 Å². The third kappa shape index (κ3) is 4.26. The SMILES string of the molecule is CSc1ccc(C(C)NC(=O)c2cccc(CCl)c2)cc1. The highest BCUT2D eigenvalue weighted by Gasteiger charge is 2.11. The summed E-state index contributed by atoms with van der Waals surface area (Å²) in [5.74, 6) is 0.329. The van der Waals surface area contributed by atoms with Crippen LogP contribution in [0.2, 0.25) is 0 Å². The molecule has 0 aromatic heterocycles. The summed E-state index contributed by atoms with van der Waals surface area (Å²) in [6, 6.07) is 15.6. The molecule has 0 aliphatic rings. The van der Waals surface area contributed by atoms with E-state index in [4.69, 9.17) is 11.6 Å². The predicted molar refractivity (Wildman–Crippen MR) is 90.1 cm³/mol. The Balaban J connectivity index is 2.06. The molecule has 0 radical (unpaired) electrons. The molecule has 0 saturated carbocycles. The van der Waals surface area contributed by atoms with E-state index in [1.54, 1.807) is 17.8 Å². The van der Waals surface area contributed by atoms with Crippen LogP contribution in [0.25, 0.3) is 0 Å². The van der Waals surface area contributed by atoms with Crippen molar-refractivity contribution >= 4 is 29.3 Å². The van der Waals surface area contributed by atoms with E-state index in [1.807, 2.05) is 43.5 Å². The molecule has 2 rings (SSSR count). The number of alkyl halides is 1. The smallest absolute Gasteiger partial charge is 0.251 e. The number of thioether (sulfide) groups is 1. The molecule has 0 saturated heterocycles. The summed E-state index contributed by atoms with van der Waals surface area (Å²) < 4.78 is 0. The number of nitrogens with one attached hydrogen (secondary N) is 1. The molecular formula is C17H18ClNOS. The van der Waals surface area contributed by atoms with E-state index in [9.17, 15) is 4.79 Å². The first-order valence-electron chi connectivity index (χ1n) is 6.73. The Morgan fingerprint density at radius 1 is 1.24 bits per heavy atom. The molecule has 4 heteroatoms. The van der Waals surface area contributed by atoms with Crippen molar-refractivity contribution < 1.29 is 4.79 Å². The molecule has 1 amide bonds. The largest absolute Gasteiger partial charge is 0.346 e. The van der Waals surface area contributed by atoms with Gasteiger partial charge in [-0.3, -0.25) is 4.79 Å². The second kappa shape index (κ2) is 7.53. The van der Waals surface area contributed by atoms with Gasteiger partial charge in [0.05, 0.1) is 6.04 Å².